The lowest BCUT2D eigenvalue weighted by molar-refractivity contribution is 0.479. The van der Waals surface area contributed by atoms with Gasteiger partial charge >= 0.3 is 0 Å². The van der Waals surface area contributed by atoms with Crippen LogP contribution < -0.4 is 5.73 Å². The Hall–Kier alpha value is -0.990. The van der Waals surface area contributed by atoms with E-state index in [1.165, 1.54) is 41.4 Å². The summed E-state index contributed by atoms with van der Waals surface area (Å²) in [5.74, 6) is 0.627. The summed E-state index contributed by atoms with van der Waals surface area (Å²) in [5, 5.41) is 2.07. The zero-order valence-corrected chi connectivity index (χ0v) is 11.4. The van der Waals surface area contributed by atoms with Gasteiger partial charge in [-0.2, -0.15) is 0 Å². The van der Waals surface area contributed by atoms with Crippen LogP contribution in [0.3, 0.4) is 0 Å². The summed E-state index contributed by atoms with van der Waals surface area (Å²) in [6, 6.07) is 6.43. The van der Waals surface area contributed by atoms with Crippen LogP contribution in [0.4, 0.5) is 0 Å². The monoisotopic (exact) mass is 262 g/mol. The first-order valence-electron chi connectivity index (χ1n) is 6.67. The molecule has 0 bridgehead atoms. The molecule has 3 N–H and O–H groups in total. The standard InChI is InChI=1S/C15H19ClN2/c1-9-12(7-10-3-2-4-14(10)17)13-8-11(16)5-6-15(13)18-9/h5-6,8,10,14,18H,2-4,7,17H2,1H3. The minimum Gasteiger partial charge on any atom is -0.358 e. The highest BCUT2D eigenvalue weighted by Gasteiger charge is 2.25. The third kappa shape index (κ3) is 2.04. The molecule has 0 spiro atoms. The Morgan fingerprint density at radius 1 is 1.39 bits per heavy atom. The minimum absolute atomic E-state index is 0.369. The highest BCUT2D eigenvalue weighted by atomic mass is 35.5. The Kier molecular flexibility index (Phi) is 3.08. The lowest BCUT2D eigenvalue weighted by atomic mass is 9.93. The van der Waals surface area contributed by atoms with Crippen molar-refractivity contribution < 1.29 is 0 Å². The van der Waals surface area contributed by atoms with E-state index in [-0.39, 0.29) is 0 Å². The number of rotatable bonds is 2. The summed E-state index contributed by atoms with van der Waals surface area (Å²) in [4.78, 5) is 3.44. The average Bonchev–Trinajstić information content (AvgIpc) is 2.86. The smallest absolute Gasteiger partial charge is 0.0459 e. The molecule has 2 aromatic rings. The van der Waals surface area contributed by atoms with E-state index in [9.17, 15) is 0 Å². The highest BCUT2D eigenvalue weighted by molar-refractivity contribution is 6.31. The molecule has 2 unspecified atom stereocenters. The molecule has 0 saturated heterocycles. The number of fused-ring (bicyclic) bond motifs is 1. The first kappa shape index (κ1) is 12.1. The third-order valence-electron chi connectivity index (χ3n) is 4.27. The molecule has 1 saturated carbocycles. The molecule has 1 fully saturated rings. The summed E-state index contributed by atoms with van der Waals surface area (Å²) in [7, 11) is 0. The van der Waals surface area contributed by atoms with Crippen LogP contribution in [0.25, 0.3) is 10.9 Å². The van der Waals surface area contributed by atoms with Gasteiger partial charge in [0.1, 0.15) is 0 Å². The number of hydrogen-bond donors (Lipinski definition) is 2. The molecular weight excluding hydrogens is 244 g/mol. The number of benzene rings is 1. The maximum absolute atomic E-state index is 6.18. The van der Waals surface area contributed by atoms with Gasteiger partial charge in [0.2, 0.25) is 0 Å². The van der Waals surface area contributed by atoms with Gasteiger partial charge in [0.15, 0.2) is 0 Å². The topological polar surface area (TPSA) is 41.8 Å². The Bertz CT molecular complexity index is 573. The van der Waals surface area contributed by atoms with Gasteiger partial charge in [0.25, 0.3) is 0 Å². The van der Waals surface area contributed by atoms with Crippen molar-refractivity contribution in [1.29, 1.82) is 0 Å². The maximum Gasteiger partial charge on any atom is 0.0459 e. The van der Waals surface area contributed by atoms with Gasteiger partial charge in [-0.15, -0.1) is 0 Å². The number of hydrogen-bond acceptors (Lipinski definition) is 1. The van der Waals surface area contributed by atoms with Gasteiger partial charge in [0.05, 0.1) is 0 Å². The van der Waals surface area contributed by atoms with E-state index in [1.54, 1.807) is 0 Å². The molecule has 2 atom stereocenters. The maximum atomic E-state index is 6.18. The molecule has 2 nitrogen and oxygen atoms in total. The van der Waals surface area contributed by atoms with E-state index in [0.29, 0.717) is 12.0 Å². The van der Waals surface area contributed by atoms with Crippen molar-refractivity contribution in [3.8, 4) is 0 Å². The van der Waals surface area contributed by atoms with E-state index in [1.807, 2.05) is 6.07 Å². The molecule has 3 rings (SSSR count). The van der Waals surface area contributed by atoms with Crippen molar-refractivity contribution in [2.45, 2.75) is 38.6 Å². The summed E-state index contributed by atoms with van der Waals surface area (Å²) >= 11 is 6.11. The molecule has 1 aliphatic carbocycles. The molecule has 1 heterocycles. The lowest BCUT2D eigenvalue weighted by Gasteiger charge is -2.15. The SMILES string of the molecule is Cc1[nH]c2ccc(Cl)cc2c1CC1CCCC1N. The van der Waals surface area contributed by atoms with Crippen molar-refractivity contribution in [2.24, 2.45) is 11.7 Å². The predicted molar refractivity (Wildman–Crippen MR) is 77.1 cm³/mol. The predicted octanol–water partition coefficient (Wildman–Crippen LogP) is 3.80. The van der Waals surface area contributed by atoms with E-state index >= 15 is 0 Å². The molecule has 3 heteroatoms. The number of nitrogens with one attached hydrogen (secondary N) is 1. The summed E-state index contributed by atoms with van der Waals surface area (Å²) in [6.45, 7) is 2.14. The number of nitrogens with two attached hydrogens (primary N) is 1. The molecule has 18 heavy (non-hydrogen) atoms. The normalized spacial score (nSPS) is 23.9. The average molecular weight is 263 g/mol. The van der Waals surface area contributed by atoms with Gasteiger partial charge in [0, 0.05) is 27.7 Å². The fourth-order valence-electron chi connectivity index (χ4n) is 3.20. The Balaban J connectivity index is 1.99. The van der Waals surface area contributed by atoms with E-state index in [4.69, 9.17) is 17.3 Å². The molecular formula is C15H19ClN2. The van der Waals surface area contributed by atoms with Crippen LogP contribution >= 0.6 is 11.6 Å². The summed E-state index contributed by atoms with van der Waals surface area (Å²) in [6.07, 6.45) is 4.78. The quantitative estimate of drug-likeness (QED) is 0.849. The Morgan fingerprint density at radius 3 is 2.94 bits per heavy atom. The number of halogens is 1. The Morgan fingerprint density at radius 2 is 2.22 bits per heavy atom. The third-order valence-corrected chi connectivity index (χ3v) is 4.50. The zero-order valence-electron chi connectivity index (χ0n) is 10.7. The summed E-state index contributed by atoms with van der Waals surface area (Å²) < 4.78 is 0. The van der Waals surface area contributed by atoms with Gasteiger partial charge in [-0.05, 0) is 55.9 Å². The van der Waals surface area contributed by atoms with Crippen molar-refractivity contribution in [3.05, 3.63) is 34.5 Å². The van der Waals surface area contributed by atoms with Gasteiger partial charge in [-0.25, -0.2) is 0 Å². The van der Waals surface area contributed by atoms with Gasteiger partial charge in [-0.1, -0.05) is 18.0 Å². The van der Waals surface area contributed by atoms with Gasteiger partial charge < -0.3 is 10.7 Å². The second kappa shape index (κ2) is 4.60. The molecule has 1 aromatic carbocycles. The lowest BCUT2D eigenvalue weighted by Crippen LogP contribution is -2.25. The fourth-order valence-corrected chi connectivity index (χ4v) is 3.37. The second-order valence-electron chi connectivity index (χ2n) is 5.48. The van der Waals surface area contributed by atoms with E-state index < -0.39 is 0 Å². The van der Waals surface area contributed by atoms with E-state index in [0.717, 1.165) is 11.4 Å². The molecule has 1 aliphatic rings. The van der Waals surface area contributed by atoms with Crippen LogP contribution in [0, 0.1) is 12.8 Å². The molecule has 0 radical (unpaired) electrons. The summed E-state index contributed by atoms with van der Waals surface area (Å²) in [5.41, 5.74) is 10.0. The highest BCUT2D eigenvalue weighted by Crippen LogP contribution is 2.32. The van der Waals surface area contributed by atoms with Crippen LogP contribution in [-0.4, -0.2) is 11.0 Å². The van der Waals surface area contributed by atoms with Crippen LogP contribution in [0.5, 0.6) is 0 Å². The second-order valence-corrected chi connectivity index (χ2v) is 5.91. The zero-order chi connectivity index (χ0) is 12.7. The molecule has 0 amide bonds. The van der Waals surface area contributed by atoms with Crippen LogP contribution in [0.2, 0.25) is 5.02 Å². The number of aromatic amines is 1. The molecule has 96 valence electrons. The van der Waals surface area contributed by atoms with Crippen LogP contribution in [0.1, 0.15) is 30.5 Å². The minimum atomic E-state index is 0.369. The van der Waals surface area contributed by atoms with Crippen LogP contribution in [-0.2, 0) is 6.42 Å². The van der Waals surface area contributed by atoms with E-state index in [2.05, 4.69) is 24.0 Å². The largest absolute Gasteiger partial charge is 0.358 e. The molecule has 1 aromatic heterocycles. The fraction of sp³-hybridized carbons (Fsp3) is 0.467. The van der Waals surface area contributed by atoms with Crippen LogP contribution in [0.15, 0.2) is 18.2 Å². The van der Waals surface area contributed by atoms with Crippen molar-refractivity contribution in [3.63, 3.8) is 0 Å². The molecule has 0 aliphatic heterocycles. The van der Waals surface area contributed by atoms with Gasteiger partial charge in [-0.3, -0.25) is 0 Å². The number of aryl methyl sites for hydroxylation is 1. The first-order chi connectivity index (χ1) is 8.65. The van der Waals surface area contributed by atoms with Crippen molar-refractivity contribution >= 4 is 22.5 Å². The first-order valence-corrected chi connectivity index (χ1v) is 7.05. The Labute approximate surface area is 113 Å². The van der Waals surface area contributed by atoms with Crippen molar-refractivity contribution in [2.75, 3.05) is 0 Å². The number of aromatic nitrogens is 1. The van der Waals surface area contributed by atoms with Crippen molar-refractivity contribution in [1.82, 2.24) is 4.98 Å². The number of H-pyrrole nitrogens is 1.